The van der Waals surface area contributed by atoms with Gasteiger partial charge >= 0.3 is 12.0 Å². The number of benzene rings is 2. The number of aryl methyl sites for hydroxylation is 1. The Bertz CT molecular complexity index is 984. The number of anilines is 1. The number of rotatable bonds is 7. The van der Waals surface area contributed by atoms with Crippen LogP contribution in [0.2, 0.25) is 0 Å². The molecule has 7 heteroatoms. The van der Waals surface area contributed by atoms with Crippen molar-refractivity contribution in [2.75, 3.05) is 5.32 Å². The normalized spacial score (nSPS) is 11.7. The Morgan fingerprint density at radius 1 is 1.07 bits per heavy atom. The quantitative estimate of drug-likeness (QED) is 0.524. The minimum absolute atomic E-state index is 0.0619. The topological polar surface area (TPSA) is 80.3 Å². The van der Waals surface area contributed by atoms with Gasteiger partial charge in [0.15, 0.2) is 0 Å². The van der Waals surface area contributed by atoms with E-state index in [1.165, 1.54) is 16.9 Å². The molecule has 2 aromatic carbocycles. The molecule has 3 aromatic rings. The van der Waals surface area contributed by atoms with Crippen LogP contribution in [0, 0.1) is 12.8 Å². The van der Waals surface area contributed by atoms with Gasteiger partial charge in [-0.3, -0.25) is 0 Å². The number of carbonyl (C=O) groups excluding carboxylic acids is 2. The van der Waals surface area contributed by atoms with Crippen molar-refractivity contribution in [2.24, 2.45) is 5.92 Å². The highest BCUT2D eigenvalue weighted by Crippen LogP contribution is 2.24. The lowest BCUT2D eigenvalue weighted by atomic mass is 10.1. The van der Waals surface area contributed by atoms with E-state index in [-0.39, 0.29) is 12.5 Å². The molecule has 2 amide bonds. The van der Waals surface area contributed by atoms with Crippen LogP contribution in [0.25, 0.3) is 10.6 Å². The molecule has 0 aliphatic heterocycles. The first-order valence-electron chi connectivity index (χ1n) is 9.73. The molecule has 1 aromatic heterocycles. The average Bonchev–Trinajstić information content (AvgIpc) is 3.20. The number of nitrogens with one attached hydrogen (secondary N) is 2. The molecule has 2 N–H and O–H groups in total. The second-order valence-corrected chi connectivity index (χ2v) is 8.16. The molecule has 0 aliphatic carbocycles. The first-order chi connectivity index (χ1) is 14.4. The smallest absolute Gasteiger partial charge is 0.329 e. The van der Waals surface area contributed by atoms with E-state index >= 15 is 0 Å². The molecule has 0 saturated carbocycles. The van der Waals surface area contributed by atoms with Crippen molar-refractivity contribution in [1.82, 2.24) is 10.3 Å². The molecule has 0 radical (unpaired) electrons. The zero-order valence-corrected chi connectivity index (χ0v) is 18.0. The maximum atomic E-state index is 12.6. The molecule has 1 heterocycles. The molecular formula is C23H25N3O3S. The van der Waals surface area contributed by atoms with E-state index in [0.29, 0.717) is 11.4 Å². The number of urea groups is 1. The van der Waals surface area contributed by atoms with Crippen molar-refractivity contribution in [3.05, 3.63) is 71.2 Å². The molecule has 3 rings (SSSR count). The van der Waals surface area contributed by atoms with E-state index in [9.17, 15) is 9.59 Å². The van der Waals surface area contributed by atoms with Gasteiger partial charge in [-0.15, -0.1) is 11.3 Å². The summed E-state index contributed by atoms with van der Waals surface area (Å²) in [5.41, 5.74) is 3.55. The molecule has 156 valence electrons. The van der Waals surface area contributed by atoms with Gasteiger partial charge in [-0.1, -0.05) is 61.9 Å². The molecule has 0 bridgehead atoms. The summed E-state index contributed by atoms with van der Waals surface area (Å²) in [7, 11) is 0. The van der Waals surface area contributed by atoms with E-state index in [2.05, 4.69) is 15.6 Å². The number of hydrogen-bond donors (Lipinski definition) is 2. The number of carbonyl (C=O) groups is 2. The number of aromatic nitrogens is 1. The van der Waals surface area contributed by atoms with Crippen LogP contribution < -0.4 is 10.6 Å². The third-order valence-corrected chi connectivity index (χ3v) is 5.39. The summed E-state index contributed by atoms with van der Waals surface area (Å²) >= 11 is 1.50. The van der Waals surface area contributed by atoms with Crippen LogP contribution in [0.1, 0.15) is 25.1 Å². The van der Waals surface area contributed by atoms with Crippen LogP contribution in [-0.2, 0) is 16.1 Å². The van der Waals surface area contributed by atoms with Crippen LogP contribution in [0.5, 0.6) is 0 Å². The van der Waals surface area contributed by atoms with Gasteiger partial charge < -0.3 is 15.4 Å². The highest BCUT2D eigenvalue weighted by molar-refractivity contribution is 7.13. The second-order valence-electron chi connectivity index (χ2n) is 7.30. The van der Waals surface area contributed by atoms with E-state index < -0.39 is 18.0 Å². The fourth-order valence-corrected chi connectivity index (χ4v) is 3.58. The SMILES string of the molecule is Cc1ccc(-c2nc(COC(=O)[C@@H](NC(=O)Nc3ccccc3)C(C)C)cs2)cc1. The van der Waals surface area contributed by atoms with Gasteiger partial charge in [0.05, 0.1) is 5.69 Å². The number of ether oxygens (including phenoxy) is 1. The highest BCUT2D eigenvalue weighted by Gasteiger charge is 2.26. The molecular weight excluding hydrogens is 398 g/mol. The van der Waals surface area contributed by atoms with Crippen LogP contribution in [0.4, 0.5) is 10.5 Å². The molecule has 0 saturated heterocycles. The maximum Gasteiger partial charge on any atom is 0.329 e. The average molecular weight is 424 g/mol. The molecule has 0 aliphatic rings. The van der Waals surface area contributed by atoms with Crippen LogP contribution in [0.15, 0.2) is 60.0 Å². The van der Waals surface area contributed by atoms with Crippen molar-refractivity contribution in [2.45, 2.75) is 33.4 Å². The Kier molecular flexibility index (Phi) is 7.19. The van der Waals surface area contributed by atoms with Crippen molar-refractivity contribution in [3.63, 3.8) is 0 Å². The van der Waals surface area contributed by atoms with Crippen LogP contribution in [-0.4, -0.2) is 23.0 Å². The predicted octanol–water partition coefficient (Wildman–Crippen LogP) is 5.01. The van der Waals surface area contributed by atoms with E-state index in [0.717, 1.165) is 10.6 Å². The molecule has 1 atom stereocenters. The molecule has 0 unspecified atom stereocenters. The van der Waals surface area contributed by atoms with Crippen molar-refractivity contribution in [1.29, 1.82) is 0 Å². The fourth-order valence-electron chi connectivity index (χ4n) is 2.76. The summed E-state index contributed by atoms with van der Waals surface area (Å²) in [6.45, 7) is 5.81. The Hall–Kier alpha value is -3.19. The summed E-state index contributed by atoms with van der Waals surface area (Å²) in [5.74, 6) is -0.615. The van der Waals surface area contributed by atoms with Gasteiger partial charge in [0, 0.05) is 16.6 Å². The zero-order chi connectivity index (χ0) is 21.5. The summed E-state index contributed by atoms with van der Waals surface area (Å²) in [6, 6.07) is 16.0. The van der Waals surface area contributed by atoms with Crippen molar-refractivity contribution >= 4 is 29.0 Å². The van der Waals surface area contributed by atoms with Crippen molar-refractivity contribution < 1.29 is 14.3 Å². The molecule has 0 fully saturated rings. The van der Waals surface area contributed by atoms with Gasteiger partial charge in [-0.05, 0) is 25.0 Å². The number of para-hydroxylation sites is 1. The fraction of sp³-hybridized carbons (Fsp3) is 0.261. The summed E-state index contributed by atoms with van der Waals surface area (Å²) in [6.07, 6.45) is 0. The Labute approximate surface area is 180 Å². The minimum Gasteiger partial charge on any atom is -0.458 e. The number of nitrogens with zero attached hydrogens (tertiary/aromatic N) is 1. The molecule has 0 spiro atoms. The van der Waals surface area contributed by atoms with Crippen molar-refractivity contribution in [3.8, 4) is 10.6 Å². The largest absolute Gasteiger partial charge is 0.458 e. The minimum atomic E-state index is -0.760. The summed E-state index contributed by atoms with van der Waals surface area (Å²) < 4.78 is 5.43. The Morgan fingerprint density at radius 2 is 1.77 bits per heavy atom. The third-order valence-electron chi connectivity index (χ3n) is 4.45. The van der Waals surface area contributed by atoms with Gasteiger partial charge in [0.2, 0.25) is 0 Å². The van der Waals surface area contributed by atoms with Gasteiger partial charge in [0.25, 0.3) is 0 Å². The summed E-state index contributed by atoms with van der Waals surface area (Å²) in [5, 5.41) is 8.16. The number of thiazole rings is 1. The third kappa shape index (κ3) is 5.90. The maximum absolute atomic E-state index is 12.6. The van der Waals surface area contributed by atoms with Crippen LogP contribution in [0.3, 0.4) is 0 Å². The Balaban J connectivity index is 1.56. The number of esters is 1. The predicted molar refractivity (Wildman–Crippen MR) is 119 cm³/mol. The highest BCUT2D eigenvalue weighted by atomic mass is 32.1. The van der Waals surface area contributed by atoms with E-state index in [1.807, 2.05) is 68.6 Å². The standard InChI is InChI=1S/C23H25N3O3S/c1-15(2)20(26-23(28)25-18-7-5-4-6-8-18)22(27)29-13-19-14-30-21(24-19)17-11-9-16(3)10-12-17/h4-12,14-15,20H,13H2,1-3H3,(H2,25,26,28)/t20-/m0/s1. The number of amides is 2. The van der Waals surface area contributed by atoms with Gasteiger partial charge in [0.1, 0.15) is 17.7 Å². The first kappa shape index (κ1) is 21.5. The second kappa shape index (κ2) is 10.0. The zero-order valence-electron chi connectivity index (χ0n) is 17.2. The Morgan fingerprint density at radius 3 is 2.43 bits per heavy atom. The van der Waals surface area contributed by atoms with Gasteiger partial charge in [-0.2, -0.15) is 0 Å². The van der Waals surface area contributed by atoms with E-state index in [1.54, 1.807) is 12.1 Å². The van der Waals surface area contributed by atoms with Gasteiger partial charge in [-0.25, -0.2) is 14.6 Å². The molecule has 30 heavy (non-hydrogen) atoms. The summed E-state index contributed by atoms with van der Waals surface area (Å²) in [4.78, 5) is 29.4. The first-order valence-corrected chi connectivity index (χ1v) is 10.6. The lowest BCUT2D eigenvalue weighted by molar-refractivity contribution is -0.148. The van der Waals surface area contributed by atoms with E-state index in [4.69, 9.17) is 4.74 Å². The van der Waals surface area contributed by atoms with Crippen LogP contribution >= 0.6 is 11.3 Å². The monoisotopic (exact) mass is 423 g/mol. The lowest BCUT2D eigenvalue weighted by Crippen LogP contribution is -2.47. The number of hydrogen-bond acceptors (Lipinski definition) is 5. The molecule has 6 nitrogen and oxygen atoms in total. The lowest BCUT2D eigenvalue weighted by Gasteiger charge is -2.21.